The van der Waals surface area contributed by atoms with E-state index in [9.17, 15) is 4.79 Å². The number of benzene rings is 1. The van der Waals surface area contributed by atoms with Gasteiger partial charge in [-0.25, -0.2) is 4.98 Å². The number of thiophene rings is 1. The molecular formula is C19H20N2O3S. The number of rotatable bonds is 7. The van der Waals surface area contributed by atoms with E-state index in [1.807, 2.05) is 48.7 Å². The van der Waals surface area contributed by atoms with Crippen LogP contribution in [0.5, 0.6) is 5.75 Å². The standard InChI is InChI=1S/C19H20N2O3S/c1-13-16(21-19(24-13)17-4-3-11-25-17)9-10-20-18(22)12-14-5-7-15(23-2)8-6-14/h3-8,11H,9-10,12H2,1-2H3,(H,20,22). The minimum Gasteiger partial charge on any atom is -0.497 e. The van der Waals surface area contributed by atoms with E-state index in [-0.39, 0.29) is 5.91 Å². The van der Waals surface area contributed by atoms with Gasteiger partial charge in [0.2, 0.25) is 11.8 Å². The highest BCUT2D eigenvalue weighted by atomic mass is 32.1. The number of oxazole rings is 1. The van der Waals surface area contributed by atoms with Crippen LogP contribution in [0.2, 0.25) is 0 Å². The molecule has 5 nitrogen and oxygen atoms in total. The maximum absolute atomic E-state index is 12.0. The van der Waals surface area contributed by atoms with E-state index in [1.54, 1.807) is 18.4 Å². The second-order valence-corrected chi connectivity index (χ2v) is 6.57. The number of methoxy groups -OCH3 is 1. The predicted octanol–water partition coefficient (Wildman–Crippen LogP) is 3.62. The molecule has 130 valence electrons. The topological polar surface area (TPSA) is 64.4 Å². The Kier molecular flexibility index (Phi) is 5.50. The van der Waals surface area contributed by atoms with Gasteiger partial charge in [-0.3, -0.25) is 4.79 Å². The predicted molar refractivity (Wildman–Crippen MR) is 98.0 cm³/mol. The molecule has 0 unspecified atom stereocenters. The largest absolute Gasteiger partial charge is 0.497 e. The summed E-state index contributed by atoms with van der Waals surface area (Å²) in [6, 6.07) is 11.5. The van der Waals surface area contributed by atoms with Crippen LogP contribution in [0.15, 0.2) is 46.2 Å². The summed E-state index contributed by atoms with van der Waals surface area (Å²) in [6.07, 6.45) is 0.997. The Hall–Kier alpha value is -2.60. The molecule has 6 heteroatoms. The van der Waals surface area contributed by atoms with Crippen LogP contribution in [0.4, 0.5) is 0 Å². The van der Waals surface area contributed by atoms with E-state index in [0.717, 1.165) is 27.6 Å². The normalized spacial score (nSPS) is 10.6. The van der Waals surface area contributed by atoms with Gasteiger partial charge in [-0.1, -0.05) is 18.2 Å². The first-order valence-corrected chi connectivity index (χ1v) is 8.93. The fraction of sp³-hybridized carbons (Fsp3) is 0.263. The minimum absolute atomic E-state index is 0.00945. The SMILES string of the molecule is COc1ccc(CC(=O)NCCc2nc(-c3cccs3)oc2C)cc1. The molecule has 0 fully saturated rings. The Morgan fingerprint density at radius 3 is 2.76 bits per heavy atom. The van der Waals surface area contributed by atoms with Gasteiger partial charge in [0, 0.05) is 13.0 Å². The zero-order valence-electron chi connectivity index (χ0n) is 14.2. The van der Waals surface area contributed by atoms with Gasteiger partial charge in [-0.15, -0.1) is 11.3 Å². The third kappa shape index (κ3) is 4.48. The monoisotopic (exact) mass is 356 g/mol. The van der Waals surface area contributed by atoms with Crippen LogP contribution in [-0.4, -0.2) is 24.5 Å². The molecule has 1 N–H and O–H groups in total. The highest BCUT2D eigenvalue weighted by Crippen LogP contribution is 2.25. The average molecular weight is 356 g/mol. The Labute approximate surface area is 150 Å². The Bertz CT molecular complexity index is 823. The Balaban J connectivity index is 1.49. The second kappa shape index (κ2) is 7.98. The van der Waals surface area contributed by atoms with E-state index in [0.29, 0.717) is 25.3 Å². The lowest BCUT2D eigenvalue weighted by Crippen LogP contribution is -2.27. The van der Waals surface area contributed by atoms with Gasteiger partial charge in [-0.05, 0) is 36.1 Å². The maximum Gasteiger partial charge on any atom is 0.236 e. The van der Waals surface area contributed by atoms with Crippen molar-refractivity contribution in [1.82, 2.24) is 10.3 Å². The summed E-state index contributed by atoms with van der Waals surface area (Å²) in [5.41, 5.74) is 1.84. The summed E-state index contributed by atoms with van der Waals surface area (Å²) in [5, 5.41) is 4.92. The molecule has 0 aliphatic rings. The second-order valence-electron chi connectivity index (χ2n) is 5.62. The first-order chi connectivity index (χ1) is 12.2. The van der Waals surface area contributed by atoms with Crippen molar-refractivity contribution in [3.63, 3.8) is 0 Å². The number of aryl methyl sites for hydroxylation is 1. The third-order valence-corrected chi connectivity index (χ3v) is 4.69. The van der Waals surface area contributed by atoms with Gasteiger partial charge < -0.3 is 14.5 Å². The van der Waals surface area contributed by atoms with Crippen LogP contribution in [0, 0.1) is 6.92 Å². The summed E-state index contributed by atoms with van der Waals surface area (Å²) in [7, 11) is 1.62. The third-order valence-electron chi connectivity index (χ3n) is 3.83. The van der Waals surface area contributed by atoms with Crippen molar-refractivity contribution in [3.05, 3.63) is 58.8 Å². The number of nitrogens with one attached hydrogen (secondary N) is 1. The molecule has 3 aromatic rings. The quantitative estimate of drug-likeness (QED) is 0.702. The van der Waals surface area contributed by atoms with Crippen molar-refractivity contribution < 1.29 is 13.9 Å². The number of carbonyl (C=O) groups excluding carboxylic acids is 1. The molecular weight excluding hydrogens is 336 g/mol. The van der Waals surface area contributed by atoms with Crippen molar-refractivity contribution in [2.45, 2.75) is 19.8 Å². The Morgan fingerprint density at radius 2 is 2.08 bits per heavy atom. The number of amides is 1. The maximum atomic E-state index is 12.0. The van der Waals surface area contributed by atoms with Gasteiger partial charge in [-0.2, -0.15) is 0 Å². The molecule has 25 heavy (non-hydrogen) atoms. The van der Waals surface area contributed by atoms with Gasteiger partial charge in [0.1, 0.15) is 11.5 Å². The zero-order chi connectivity index (χ0) is 17.6. The first-order valence-electron chi connectivity index (χ1n) is 8.05. The molecule has 0 atom stereocenters. The molecule has 0 aliphatic heterocycles. The fourth-order valence-electron chi connectivity index (χ4n) is 2.48. The number of ether oxygens (including phenoxy) is 1. The van der Waals surface area contributed by atoms with Crippen molar-refractivity contribution in [2.24, 2.45) is 0 Å². The van der Waals surface area contributed by atoms with Crippen molar-refractivity contribution in [2.75, 3.05) is 13.7 Å². The van der Waals surface area contributed by atoms with E-state index >= 15 is 0 Å². The highest BCUT2D eigenvalue weighted by molar-refractivity contribution is 7.13. The van der Waals surface area contributed by atoms with Crippen molar-refractivity contribution in [1.29, 1.82) is 0 Å². The molecule has 3 rings (SSSR count). The molecule has 2 heterocycles. The van der Waals surface area contributed by atoms with Gasteiger partial charge in [0.05, 0.1) is 24.1 Å². The van der Waals surface area contributed by atoms with Gasteiger partial charge >= 0.3 is 0 Å². The van der Waals surface area contributed by atoms with E-state index in [1.165, 1.54) is 0 Å². The summed E-state index contributed by atoms with van der Waals surface area (Å²) in [6.45, 7) is 2.44. The number of nitrogens with zero attached hydrogens (tertiary/aromatic N) is 1. The number of hydrogen-bond acceptors (Lipinski definition) is 5. The fourth-order valence-corrected chi connectivity index (χ4v) is 3.13. The Morgan fingerprint density at radius 1 is 1.28 bits per heavy atom. The van der Waals surface area contributed by atoms with Crippen LogP contribution in [-0.2, 0) is 17.6 Å². The minimum atomic E-state index is -0.00945. The molecule has 2 aromatic heterocycles. The lowest BCUT2D eigenvalue weighted by molar-refractivity contribution is -0.120. The number of hydrogen-bond donors (Lipinski definition) is 1. The summed E-state index contributed by atoms with van der Waals surface area (Å²) >= 11 is 1.60. The zero-order valence-corrected chi connectivity index (χ0v) is 15.1. The van der Waals surface area contributed by atoms with Gasteiger partial charge in [0.15, 0.2) is 0 Å². The number of carbonyl (C=O) groups is 1. The van der Waals surface area contributed by atoms with Crippen molar-refractivity contribution in [3.8, 4) is 16.5 Å². The van der Waals surface area contributed by atoms with Crippen LogP contribution < -0.4 is 10.1 Å². The van der Waals surface area contributed by atoms with E-state index < -0.39 is 0 Å². The van der Waals surface area contributed by atoms with E-state index in [4.69, 9.17) is 9.15 Å². The summed E-state index contributed by atoms with van der Waals surface area (Å²) in [5.74, 6) is 2.22. The lowest BCUT2D eigenvalue weighted by Gasteiger charge is -2.05. The molecule has 0 saturated heterocycles. The average Bonchev–Trinajstić information content (AvgIpc) is 3.26. The highest BCUT2D eigenvalue weighted by Gasteiger charge is 2.12. The van der Waals surface area contributed by atoms with Crippen molar-refractivity contribution >= 4 is 17.2 Å². The van der Waals surface area contributed by atoms with Crippen LogP contribution in [0.25, 0.3) is 10.8 Å². The summed E-state index contributed by atoms with van der Waals surface area (Å²) < 4.78 is 10.8. The summed E-state index contributed by atoms with van der Waals surface area (Å²) in [4.78, 5) is 17.6. The molecule has 1 amide bonds. The molecule has 1 aromatic carbocycles. The van der Waals surface area contributed by atoms with Crippen LogP contribution >= 0.6 is 11.3 Å². The molecule has 0 spiro atoms. The first kappa shape index (κ1) is 17.2. The molecule has 0 radical (unpaired) electrons. The number of aromatic nitrogens is 1. The lowest BCUT2D eigenvalue weighted by atomic mass is 10.1. The van der Waals surface area contributed by atoms with E-state index in [2.05, 4.69) is 10.3 Å². The van der Waals surface area contributed by atoms with Gasteiger partial charge in [0.25, 0.3) is 0 Å². The molecule has 0 saturated carbocycles. The molecule has 0 aliphatic carbocycles. The van der Waals surface area contributed by atoms with Crippen LogP contribution in [0.1, 0.15) is 17.0 Å². The molecule has 0 bridgehead atoms. The smallest absolute Gasteiger partial charge is 0.236 e. The van der Waals surface area contributed by atoms with Crippen LogP contribution in [0.3, 0.4) is 0 Å².